The van der Waals surface area contributed by atoms with Gasteiger partial charge in [-0.3, -0.25) is 5.41 Å². The van der Waals surface area contributed by atoms with Crippen molar-refractivity contribution in [3.8, 4) is 0 Å². The van der Waals surface area contributed by atoms with Crippen LogP contribution in [0.25, 0.3) is 0 Å². The summed E-state index contributed by atoms with van der Waals surface area (Å²) in [7, 11) is 0. The second kappa shape index (κ2) is 1.43. The largest absolute Gasteiger partial charge is 0.405 e. The van der Waals surface area contributed by atoms with E-state index in [2.05, 4.69) is 4.74 Å². The lowest BCUT2D eigenvalue weighted by molar-refractivity contribution is -0.130. The van der Waals surface area contributed by atoms with Crippen LogP contribution in [0.2, 0.25) is 0 Å². The van der Waals surface area contributed by atoms with E-state index >= 15 is 0 Å². The highest BCUT2D eigenvalue weighted by atomic mass is 16.5. The molecule has 0 atom stereocenters. The van der Waals surface area contributed by atoms with Crippen molar-refractivity contribution in [2.75, 3.05) is 0 Å². The van der Waals surface area contributed by atoms with E-state index < -0.39 is 5.97 Å². The van der Waals surface area contributed by atoms with Crippen molar-refractivity contribution in [3.63, 3.8) is 0 Å². The van der Waals surface area contributed by atoms with Gasteiger partial charge in [0.2, 0.25) is 5.90 Å². The van der Waals surface area contributed by atoms with Crippen molar-refractivity contribution in [1.82, 2.24) is 0 Å². The van der Waals surface area contributed by atoms with E-state index in [1.807, 2.05) is 0 Å². The smallest absolute Gasteiger partial charge is 0.340 e. The summed E-state index contributed by atoms with van der Waals surface area (Å²) in [6, 6.07) is 0. The number of hydrogen-bond acceptors (Lipinski definition) is 3. The summed E-state index contributed by atoms with van der Waals surface area (Å²) in [6.07, 6.45) is 1.39. The van der Waals surface area contributed by atoms with Gasteiger partial charge in [-0.25, -0.2) is 4.79 Å². The lowest BCUT2D eigenvalue weighted by atomic mass is 10.3. The van der Waals surface area contributed by atoms with Gasteiger partial charge in [0.25, 0.3) is 0 Å². The molecule has 3 nitrogen and oxygen atoms in total. The zero-order valence-corrected chi connectivity index (χ0v) is 4.39. The van der Waals surface area contributed by atoms with Gasteiger partial charge < -0.3 is 4.74 Å². The quantitative estimate of drug-likeness (QED) is 0.462. The molecule has 3 heteroatoms. The van der Waals surface area contributed by atoms with E-state index in [9.17, 15) is 4.79 Å². The molecule has 1 N–H and O–H groups in total. The molecule has 0 aliphatic carbocycles. The van der Waals surface area contributed by atoms with Crippen molar-refractivity contribution in [2.45, 2.75) is 6.92 Å². The number of cyclic esters (lactones) is 1. The number of nitrogens with one attached hydrogen (secondary N) is 1. The van der Waals surface area contributed by atoms with Crippen LogP contribution in [0.15, 0.2) is 11.6 Å². The Morgan fingerprint density at radius 1 is 1.75 bits per heavy atom. The average Bonchev–Trinajstić information content (AvgIpc) is 1.85. The summed E-state index contributed by atoms with van der Waals surface area (Å²) in [6.45, 7) is 1.61. The van der Waals surface area contributed by atoms with E-state index in [1.54, 1.807) is 6.92 Å². The van der Waals surface area contributed by atoms with Crippen LogP contribution in [0.4, 0.5) is 0 Å². The van der Waals surface area contributed by atoms with Crippen molar-refractivity contribution >= 4 is 11.9 Å². The summed E-state index contributed by atoms with van der Waals surface area (Å²) in [4.78, 5) is 10.4. The van der Waals surface area contributed by atoms with Crippen molar-refractivity contribution in [1.29, 1.82) is 5.41 Å². The van der Waals surface area contributed by atoms with Crippen LogP contribution in [0.1, 0.15) is 6.92 Å². The number of ether oxygens (including phenoxy) is 1. The summed E-state index contributed by atoms with van der Waals surface area (Å²) < 4.78 is 4.33. The Balaban J connectivity index is 2.88. The van der Waals surface area contributed by atoms with Gasteiger partial charge in [0.05, 0.1) is 0 Å². The highest BCUT2D eigenvalue weighted by Crippen LogP contribution is 2.05. The standard InChI is InChI=1S/C5H5NO2/c1-3-2-4(6)8-5(3)7/h2,6H,1H3. The summed E-state index contributed by atoms with van der Waals surface area (Å²) >= 11 is 0. The van der Waals surface area contributed by atoms with E-state index in [4.69, 9.17) is 5.41 Å². The van der Waals surface area contributed by atoms with Crippen LogP contribution >= 0.6 is 0 Å². The first kappa shape index (κ1) is 5.03. The molecule has 0 unspecified atom stereocenters. The third-order valence-electron chi connectivity index (χ3n) is 0.872. The van der Waals surface area contributed by atoms with Crippen LogP contribution in [-0.2, 0) is 9.53 Å². The summed E-state index contributed by atoms with van der Waals surface area (Å²) in [5.41, 5.74) is 0.495. The molecule has 0 spiro atoms. The minimum absolute atomic E-state index is 0.0625. The van der Waals surface area contributed by atoms with E-state index in [1.165, 1.54) is 6.08 Å². The number of hydrogen-bond donors (Lipinski definition) is 1. The number of rotatable bonds is 0. The van der Waals surface area contributed by atoms with Crippen molar-refractivity contribution in [2.24, 2.45) is 0 Å². The fourth-order valence-electron chi connectivity index (χ4n) is 0.465. The second-order valence-corrected chi connectivity index (χ2v) is 1.58. The lowest BCUT2D eigenvalue weighted by Crippen LogP contribution is -1.98. The highest BCUT2D eigenvalue weighted by molar-refractivity contribution is 6.09. The van der Waals surface area contributed by atoms with Gasteiger partial charge in [0.1, 0.15) is 0 Å². The van der Waals surface area contributed by atoms with Crippen LogP contribution in [0, 0.1) is 5.41 Å². The first-order chi connectivity index (χ1) is 3.70. The molecule has 0 amide bonds. The maximum atomic E-state index is 10.4. The number of esters is 1. The van der Waals surface area contributed by atoms with Crippen LogP contribution in [0.5, 0.6) is 0 Å². The molecule has 1 aliphatic heterocycles. The molecule has 0 saturated carbocycles. The predicted molar refractivity (Wildman–Crippen MR) is 27.6 cm³/mol. The fraction of sp³-hybridized carbons (Fsp3) is 0.200. The van der Waals surface area contributed by atoms with Crippen molar-refractivity contribution < 1.29 is 9.53 Å². The molecule has 1 heterocycles. The molecule has 0 saturated heterocycles. The molecule has 8 heavy (non-hydrogen) atoms. The molecule has 0 fully saturated rings. The minimum Gasteiger partial charge on any atom is -0.405 e. The predicted octanol–water partition coefficient (Wildman–Crippen LogP) is 0.467. The van der Waals surface area contributed by atoms with E-state index in [0.29, 0.717) is 5.57 Å². The molecule has 1 aliphatic rings. The fourth-order valence-corrected chi connectivity index (χ4v) is 0.465. The van der Waals surface area contributed by atoms with Gasteiger partial charge in [-0.2, -0.15) is 0 Å². The minimum atomic E-state index is -0.407. The molecule has 42 valence electrons. The second-order valence-electron chi connectivity index (χ2n) is 1.58. The molecule has 0 aromatic carbocycles. The Morgan fingerprint density at radius 3 is 2.50 bits per heavy atom. The normalized spacial score (nSPS) is 18.4. The molecular formula is C5H5NO2. The molecule has 0 aromatic rings. The zero-order chi connectivity index (χ0) is 6.15. The average molecular weight is 111 g/mol. The molecule has 1 rings (SSSR count). The van der Waals surface area contributed by atoms with Crippen LogP contribution in [-0.4, -0.2) is 11.9 Å². The van der Waals surface area contributed by atoms with Gasteiger partial charge in [-0.05, 0) is 6.92 Å². The molecule has 0 radical (unpaired) electrons. The number of carbonyl (C=O) groups excluding carboxylic acids is 1. The lowest BCUT2D eigenvalue weighted by Gasteiger charge is -1.86. The molecule has 0 aromatic heterocycles. The third-order valence-corrected chi connectivity index (χ3v) is 0.872. The Morgan fingerprint density at radius 2 is 2.38 bits per heavy atom. The Hall–Kier alpha value is -1.12. The van der Waals surface area contributed by atoms with E-state index in [-0.39, 0.29) is 5.90 Å². The van der Waals surface area contributed by atoms with Crippen molar-refractivity contribution in [3.05, 3.63) is 11.6 Å². The highest BCUT2D eigenvalue weighted by Gasteiger charge is 2.15. The molecular weight excluding hydrogens is 106 g/mol. The Labute approximate surface area is 46.5 Å². The van der Waals surface area contributed by atoms with Gasteiger partial charge in [-0.1, -0.05) is 0 Å². The SMILES string of the molecule is CC1=CC(=N)OC1=O. The summed E-state index contributed by atoms with van der Waals surface area (Å²) in [5.74, 6) is -0.470. The Bertz CT molecular complexity index is 181. The Kier molecular flexibility index (Phi) is 0.901. The topological polar surface area (TPSA) is 50.1 Å². The molecule has 0 bridgehead atoms. The van der Waals surface area contributed by atoms with Crippen LogP contribution in [0.3, 0.4) is 0 Å². The first-order valence-electron chi connectivity index (χ1n) is 2.19. The summed E-state index contributed by atoms with van der Waals surface area (Å²) in [5, 5.41) is 6.79. The third kappa shape index (κ3) is 0.621. The maximum absolute atomic E-state index is 10.4. The van der Waals surface area contributed by atoms with Crippen LogP contribution < -0.4 is 0 Å². The zero-order valence-electron chi connectivity index (χ0n) is 4.39. The monoisotopic (exact) mass is 111 g/mol. The maximum Gasteiger partial charge on any atom is 0.340 e. The van der Waals surface area contributed by atoms with Gasteiger partial charge in [0, 0.05) is 11.6 Å². The van der Waals surface area contributed by atoms with Gasteiger partial charge in [-0.15, -0.1) is 0 Å². The van der Waals surface area contributed by atoms with E-state index in [0.717, 1.165) is 0 Å². The first-order valence-corrected chi connectivity index (χ1v) is 2.19. The number of carbonyl (C=O) groups is 1. The van der Waals surface area contributed by atoms with Gasteiger partial charge in [0.15, 0.2) is 0 Å². The van der Waals surface area contributed by atoms with Gasteiger partial charge >= 0.3 is 5.97 Å².